The van der Waals surface area contributed by atoms with E-state index >= 15 is 0 Å². The van der Waals surface area contributed by atoms with Gasteiger partial charge in [-0.3, -0.25) is 0 Å². The fourth-order valence-electron chi connectivity index (χ4n) is 0.861. The van der Waals surface area contributed by atoms with Crippen LogP contribution in [0.15, 0.2) is 0 Å². The number of aliphatic hydroxyl groups is 4. The first-order valence-corrected chi connectivity index (χ1v) is 6.00. The summed E-state index contributed by atoms with van der Waals surface area (Å²) in [7, 11) is -4.48. The molecule has 0 saturated carbocycles. The maximum Gasteiger partial charge on any atom is 0.146 e. The molecule has 1 fully saturated rings. The van der Waals surface area contributed by atoms with E-state index in [0.29, 0.717) is 0 Å². The Morgan fingerprint density at radius 3 is 1.42 bits per heavy atom. The van der Waals surface area contributed by atoms with Crippen LogP contribution in [0.2, 0.25) is 0 Å². The molecule has 0 aromatic rings. The Morgan fingerprint density at radius 1 is 0.750 bits per heavy atom. The highest BCUT2D eigenvalue weighted by atomic mass is 31.2. The van der Waals surface area contributed by atoms with Crippen LogP contribution in [0, 0.1) is 0 Å². The first kappa shape index (κ1) is 10.7. The van der Waals surface area contributed by atoms with Crippen molar-refractivity contribution in [3.05, 3.63) is 0 Å². The van der Waals surface area contributed by atoms with Gasteiger partial charge in [0.05, 0.1) is 16.3 Å². The minimum atomic E-state index is -2.24. The molecule has 6 N–H and O–H groups in total. The van der Waals surface area contributed by atoms with Gasteiger partial charge in [-0.1, -0.05) is 0 Å². The smallest absolute Gasteiger partial charge is 0.146 e. The van der Waals surface area contributed by atoms with Gasteiger partial charge in [0.1, 0.15) is 23.4 Å². The van der Waals surface area contributed by atoms with Gasteiger partial charge in [-0.25, -0.2) is 0 Å². The van der Waals surface area contributed by atoms with Crippen molar-refractivity contribution in [1.29, 1.82) is 0 Å². The second-order valence-electron chi connectivity index (χ2n) is 2.42. The summed E-state index contributed by atoms with van der Waals surface area (Å²) >= 11 is 0. The van der Waals surface area contributed by atoms with E-state index in [9.17, 15) is 0 Å². The van der Waals surface area contributed by atoms with Crippen molar-refractivity contribution < 1.29 is 30.2 Å². The standard InChI is InChI=1S/C4H10O6P2/c5-1-2(6)11(9)4(8)12(10)3(1)7/h1-10H/t1-,2-,3+,4+,11-,12+. The molecule has 0 aromatic heterocycles. The average Bonchev–Trinajstić information content (AvgIpc) is 2.08. The normalized spacial score (nSPS) is 55.5. The van der Waals surface area contributed by atoms with Crippen LogP contribution in [0.25, 0.3) is 0 Å². The third kappa shape index (κ3) is 1.62. The van der Waals surface area contributed by atoms with Gasteiger partial charge in [0.25, 0.3) is 0 Å². The molecule has 0 unspecified atom stereocenters. The van der Waals surface area contributed by atoms with E-state index in [2.05, 4.69) is 0 Å². The minimum absolute atomic E-state index is 1.51. The van der Waals surface area contributed by atoms with Crippen LogP contribution in [0.3, 0.4) is 0 Å². The Balaban J connectivity index is 2.76. The van der Waals surface area contributed by atoms with Crippen LogP contribution in [0.4, 0.5) is 0 Å². The van der Waals surface area contributed by atoms with Crippen molar-refractivity contribution in [1.82, 2.24) is 0 Å². The van der Waals surface area contributed by atoms with Crippen molar-refractivity contribution in [2.75, 3.05) is 0 Å². The van der Waals surface area contributed by atoms with Crippen LogP contribution in [-0.2, 0) is 0 Å². The maximum atomic E-state index is 9.05. The first-order valence-electron chi connectivity index (χ1n) is 3.13. The zero-order chi connectivity index (χ0) is 9.46. The lowest BCUT2D eigenvalue weighted by molar-refractivity contribution is -0.00538. The quantitative estimate of drug-likeness (QED) is 0.262. The minimum Gasteiger partial charge on any atom is -0.387 e. The molecule has 1 saturated heterocycles. The predicted molar refractivity (Wildman–Crippen MR) is 42.3 cm³/mol. The largest absolute Gasteiger partial charge is 0.387 e. The van der Waals surface area contributed by atoms with Gasteiger partial charge in [-0.15, -0.1) is 0 Å². The summed E-state index contributed by atoms with van der Waals surface area (Å²) in [6.07, 6.45) is -1.58. The van der Waals surface area contributed by atoms with E-state index < -0.39 is 39.7 Å². The lowest BCUT2D eigenvalue weighted by Gasteiger charge is -2.38. The summed E-state index contributed by atoms with van der Waals surface area (Å²) < 4.78 is 0. The number of hydrogen-bond acceptors (Lipinski definition) is 6. The number of hydrogen-bond donors (Lipinski definition) is 6. The van der Waals surface area contributed by atoms with Gasteiger partial charge in [-0.05, 0) is 0 Å². The van der Waals surface area contributed by atoms with E-state index in [-0.39, 0.29) is 0 Å². The van der Waals surface area contributed by atoms with Crippen LogP contribution >= 0.6 is 16.3 Å². The summed E-state index contributed by atoms with van der Waals surface area (Å²) in [5, 5.41) is 36.1. The molecule has 72 valence electrons. The van der Waals surface area contributed by atoms with E-state index in [1.165, 1.54) is 0 Å². The second-order valence-corrected chi connectivity index (χ2v) is 6.39. The average molecular weight is 216 g/mol. The number of aliphatic hydroxyl groups excluding tert-OH is 4. The van der Waals surface area contributed by atoms with Crippen molar-refractivity contribution in [3.63, 3.8) is 0 Å². The lowest BCUT2D eigenvalue weighted by Crippen LogP contribution is -2.42. The van der Waals surface area contributed by atoms with Gasteiger partial charge in [0, 0.05) is 0 Å². The van der Waals surface area contributed by atoms with E-state index in [1.807, 2.05) is 0 Å². The molecule has 1 aliphatic rings. The van der Waals surface area contributed by atoms with Gasteiger partial charge < -0.3 is 30.2 Å². The summed E-state index contributed by atoms with van der Waals surface area (Å²) in [5.74, 6) is -3.12. The Morgan fingerprint density at radius 2 is 1.08 bits per heavy atom. The predicted octanol–water partition coefficient (Wildman–Crippen LogP) is -1.95. The van der Waals surface area contributed by atoms with Crippen LogP contribution < -0.4 is 0 Å². The molecule has 0 amide bonds. The topological polar surface area (TPSA) is 121 Å². The van der Waals surface area contributed by atoms with E-state index in [0.717, 1.165) is 0 Å². The molecule has 0 aliphatic carbocycles. The molecule has 1 rings (SSSR count). The molecule has 12 heavy (non-hydrogen) atoms. The summed E-state index contributed by atoms with van der Waals surface area (Å²) in [5.41, 5.74) is -1.51. The summed E-state index contributed by atoms with van der Waals surface area (Å²) in [4.78, 5) is 18.1. The lowest BCUT2D eigenvalue weighted by atomic mass is 10.4. The SMILES string of the molecule is O[C@H]1[C@@H](O)[P@](O)[C@@H](O)[P@](O)[C@H]1O. The molecule has 0 aromatic carbocycles. The molecular weight excluding hydrogens is 206 g/mol. The zero-order valence-corrected chi connectivity index (χ0v) is 7.68. The Labute approximate surface area is 70.8 Å². The molecule has 0 bridgehead atoms. The summed E-state index contributed by atoms with van der Waals surface area (Å²) in [6, 6.07) is 0. The molecule has 1 heterocycles. The highest BCUT2D eigenvalue weighted by molar-refractivity contribution is 7.71. The van der Waals surface area contributed by atoms with Crippen LogP contribution in [0.5, 0.6) is 0 Å². The Kier molecular flexibility index (Phi) is 3.37. The molecular formula is C4H10O6P2. The molecule has 0 spiro atoms. The van der Waals surface area contributed by atoms with Crippen molar-refractivity contribution in [2.45, 2.75) is 23.4 Å². The third-order valence-electron chi connectivity index (χ3n) is 1.63. The van der Waals surface area contributed by atoms with Gasteiger partial charge >= 0.3 is 0 Å². The maximum absolute atomic E-state index is 9.05. The third-order valence-corrected chi connectivity index (χ3v) is 5.69. The van der Waals surface area contributed by atoms with Crippen molar-refractivity contribution in [3.8, 4) is 0 Å². The van der Waals surface area contributed by atoms with E-state index in [1.54, 1.807) is 0 Å². The zero-order valence-electron chi connectivity index (χ0n) is 5.89. The monoisotopic (exact) mass is 216 g/mol. The highest BCUT2D eigenvalue weighted by Crippen LogP contribution is 2.62. The highest BCUT2D eigenvalue weighted by Gasteiger charge is 2.48. The first-order chi connectivity index (χ1) is 5.46. The van der Waals surface area contributed by atoms with E-state index in [4.69, 9.17) is 30.2 Å². The molecule has 6 atom stereocenters. The van der Waals surface area contributed by atoms with Gasteiger partial charge in [0.15, 0.2) is 0 Å². The second kappa shape index (κ2) is 3.78. The van der Waals surface area contributed by atoms with Gasteiger partial charge in [0.2, 0.25) is 0 Å². The van der Waals surface area contributed by atoms with Gasteiger partial charge in [-0.2, -0.15) is 0 Å². The molecule has 6 nitrogen and oxygen atoms in total. The Hall–Kier alpha value is 0.620. The van der Waals surface area contributed by atoms with Crippen LogP contribution in [0.1, 0.15) is 0 Å². The molecule has 8 heteroatoms. The van der Waals surface area contributed by atoms with Crippen LogP contribution in [-0.4, -0.2) is 53.6 Å². The summed E-state index contributed by atoms with van der Waals surface area (Å²) in [6.45, 7) is 0. The molecule has 1 aliphatic heterocycles. The molecule has 0 radical (unpaired) electrons. The number of rotatable bonds is 0. The fourth-order valence-corrected chi connectivity index (χ4v) is 4.28. The Bertz CT molecular complexity index is 109. The van der Waals surface area contributed by atoms with Crippen molar-refractivity contribution >= 4 is 16.3 Å². The van der Waals surface area contributed by atoms with Crippen molar-refractivity contribution in [2.24, 2.45) is 0 Å². The fraction of sp³-hybridized carbons (Fsp3) is 1.00.